The SMILES string of the molecule is O=C(CCc1ccc(O)cc1)C[C@H](CCc1ccc(O)cc1)O[C@@H]1O[C@H](CO)[C@@H](O)[C@H](O)[C@H]1O. The van der Waals surface area contributed by atoms with Gasteiger partial charge in [0.15, 0.2) is 6.29 Å². The van der Waals surface area contributed by atoms with E-state index in [2.05, 4.69) is 0 Å². The van der Waals surface area contributed by atoms with Crippen molar-refractivity contribution < 1.29 is 44.9 Å². The second-order valence-corrected chi connectivity index (χ2v) is 8.57. The fraction of sp³-hybridized carbons (Fsp3) is 0.480. The number of Topliss-reactive ketones (excluding diaryl/α,β-unsaturated/α-hetero) is 1. The van der Waals surface area contributed by atoms with Gasteiger partial charge < -0.3 is 40.1 Å². The van der Waals surface area contributed by atoms with Crippen LogP contribution in [0.5, 0.6) is 11.5 Å². The van der Waals surface area contributed by atoms with Gasteiger partial charge in [0.1, 0.15) is 41.7 Å². The van der Waals surface area contributed by atoms with Crippen LogP contribution in [-0.4, -0.2) is 79.8 Å². The summed E-state index contributed by atoms with van der Waals surface area (Å²) in [4.78, 5) is 12.7. The first-order chi connectivity index (χ1) is 16.3. The van der Waals surface area contributed by atoms with E-state index >= 15 is 0 Å². The molecule has 0 aliphatic carbocycles. The zero-order valence-corrected chi connectivity index (χ0v) is 18.7. The quantitative estimate of drug-likeness (QED) is 0.276. The van der Waals surface area contributed by atoms with Crippen LogP contribution in [0.15, 0.2) is 48.5 Å². The number of phenols is 2. The number of carbonyl (C=O) groups is 1. The maximum atomic E-state index is 12.7. The van der Waals surface area contributed by atoms with Crippen molar-refractivity contribution in [2.75, 3.05) is 6.61 Å². The molecule has 0 spiro atoms. The zero-order chi connectivity index (χ0) is 24.7. The number of hydrogen-bond donors (Lipinski definition) is 6. The molecule has 2 aromatic carbocycles. The van der Waals surface area contributed by atoms with Crippen molar-refractivity contribution in [1.82, 2.24) is 0 Å². The van der Waals surface area contributed by atoms with E-state index < -0.39 is 43.4 Å². The van der Waals surface area contributed by atoms with Crippen molar-refractivity contribution >= 4 is 5.78 Å². The lowest BCUT2D eigenvalue weighted by Gasteiger charge is -2.40. The van der Waals surface area contributed by atoms with E-state index in [4.69, 9.17) is 9.47 Å². The number of carbonyl (C=O) groups excluding carboxylic acids is 1. The Hall–Kier alpha value is -2.53. The Labute approximate surface area is 197 Å². The highest BCUT2D eigenvalue weighted by molar-refractivity contribution is 5.79. The van der Waals surface area contributed by atoms with E-state index in [1.807, 2.05) is 0 Å². The largest absolute Gasteiger partial charge is 0.508 e. The first-order valence-electron chi connectivity index (χ1n) is 11.3. The van der Waals surface area contributed by atoms with E-state index in [9.17, 15) is 35.4 Å². The molecule has 6 N–H and O–H groups in total. The molecule has 6 atom stereocenters. The Morgan fingerprint density at radius 3 is 1.97 bits per heavy atom. The van der Waals surface area contributed by atoms with E-state index in [-0.39, 0.29) is 30.1 Å². The molecule has 34 heavy (non-hydrogen) atoms. The molecule has 0 bridgehead atoms. The molecule has 1 aliphatic rings. The lowest BCUT2D eigenvalue weighted by molar-refractivity contribution is -0.311. The molecule has 3 rings (SSSR count). The lowest BCUT2D eigenvalue weighted by atomic mass is 9.98. The molecular weight excluding hydrogens is 444 g/mol. The summed E-state index contributed by atoms with van der Waals surface area (Å²) in [5.41, 5.74) is 1.82. The van der Waals surface area contributed by atoms with Crippen molar-refractivity contribution in [3.63, 3.8) is 0 Å². The number of phenolic OH excluding ortho intramolecular Hbond substituents is 2. The van der Waals surface area contributed by atoms with E-state index in [0.717, 1.165) is 11.1 Å². The molecule has 0 unspecified atom stereocenters. The predicted octanol–water partition coefficient (Wildman–Crippen LogP) is 0.807. The minimum atomic E-state index is -1.57. The van der Waals surface area contributed by atoms with Crippen LogP contribution in [-0.2, 0) is 27.1 Å². The molecule has 0 amide bonds. The summed E-state index contributed by atoms with van der Waals surface area (Å²) in [6.07, 6.45) is -6.03. The molecule has 9 nitrogen and oxygen atoms in total. The van der Waals surface area contributed by atoms with Gasteiger partial charge in [-0.3, -0.25) is 4.79 Å². The zero-order valence-electron chi connectivity index (χ0n) is 18.7. The van der Waals surface area contributed by atoms with Gasteiger partial charge in [0, 0.05) is 12.8 Å². The molecular formula is C25H32O9. The highest BCUT2D eigenvalue weighted by atomic mass is 16.7. The highest BCUT2D eigenvalue weighted by Gasteiger charge is 2.44. The summed E-state index contributed by atoms with van der Waals surface area (Å²) in [6.45, 7) is -0.575. The second kappa shape index (κ2) is 12.3. The number of aromatic hydroxyl groups is 2. The smallest absolute Gasteiger partial charge is 0.186 e. The van der Waals surface area contributed by atoms with E-state index in [1.54, 1.807) is 48.5 Å². The van der Waals surface area contributed by atoms with Crippen molar-refractivity contribution in [1.29, 1.82) is 0 Å². The Balaban J connectivity index is 1.64. The van der Waals surface area contributed by atoms with E-state index in [1.165, 1.54) is 0 Å². The van der Waals surface area contributed by atoms with Gasteiger partial charge in [-0.15, -0.1) is 0 Å². The number of rotatable bonds is 11. The molecule has 1 aliphatic heterocycles. The van der Waals surface area contributed by atoms with Gasteiger partial charge in [-0.2, -0.15) is 0 Å². The second-order valence-electron chi connectivity index (χ2n) is 8.57. The monoisotopic (exact) mass is 476 g/mol. The third-order valence-electron chi connectivity index (χ3n) is 5.95. The van der Waals surface area contributed by atoms with Crippen LogP contribution in [0, 0.1) is 0 Å². The average Bonchev–Trinajstić information content (AvgIpc) is 2.83. The number of aliphatic hydroxyl groups excluding tert-OH is 4. The van der Waals surface area contributed by atoms with Crippen LogP contribution in [0.3, 0.4) is 0 Å². The molecule has 0 aromatic heterocycles. The van der Waals surface area contributed by atoms with E-state index in [0.29, 0.717) is 19.3 Å². The number of ketones is 1. The van der Waals surface area contributed by atoms with Crippen molar-refractivity contribution in [3.8, 4) is 11.5 Å². The normalized spacial score (nSPS) is 25.7. The summed E-state index contributed by atoms with van der Waals surface area (Å²) in [5.74, 6) is 0.216. The Morgan fingerprint density at radius 2 is 1.41 bits per heavy atom. The molecule has 1 heterocycles. The summed E-state index contributed by atoms with van der Waals surface area (Å²) in [5, 5.41) is 58.6. The summed E-state index contributed by atoms with van der Waals surface area (Å²) >= 11 is 0. The molecule has 1 saturated heterocycles. The standard InChI is InChI=1S/C25H32O9/c26-14-21-22(30)23(31)24(32)25(34-21)33-20(12-6-16-3-9-18(28)10-4-16)13-19(29)11-5-15-1-7-17(27)8-2-15/h1-4,7-10,20-28,30-32H,5-6,11-14H2/t20-,21+,22+,23-,24+,25+/m0/s1. The minimum Gasteiger partial charge on any atom is -0.508 e. The van der Waals surface area contributed by atoms with Crippen LogP contribution >= 0.6 is 0 Å². The molecule has 0 radical (unpaired) electrons. The van der Waals surface area contributed by atoms with Crippen molar-refractivity contribution in [3.05, 3.63) is 59.7 Å². The molecule has 1 fully saturated rings. The number of ether oxygens (including phenoxy) is 2. The number of aliphatic hydroxyl groups is 4. The summed E-state index contributed by atoms with van der Waals surface area (Å²) < 4.78 is 11.3. The first kappa shape index (κ1) is 26.1. The van der Waals surface area contributed by atoms with Crippen molar-refractivity contribution in [2.45, 2.75) is 68.9 Å². The topological polar surface area (TPSA) is 157 Å². The average molecular weight is 477 g/mol. The molecule has 9 heteroatoms. The van der Waals surface area contributed by atoms with Gasteiger partial charge in [0.2, 0.25) is 0 Å². The lowest BCUT2D eigenvalue weighted by Crippen LogP contribution is -2.59. The van der Waals surface area contributed by atoms with Gasteiger partial charge in [0.05, 0.1) is 12.7 Å². The van der Waals surface area contributed by atoms with Gasteiger partial charge >= 0.3 is 0 Å². The van der Waals surface area contributed by atoms with Crippen molar-refractivity contribution in [2.24, 2.45) is 0 Å². The Kier molecular flexibility index (Phi) is 9.40. The molecule has 0 saturated carbocycles. The number of hydrogen-bond acceptors (Lipinski definition) is 9. The van der Waals surface area contributed by atoms with Gasteiger partial charge in [0.25, 0.3) is 0 Å². The maximum Gasteiger partial charge on any atom is 0.186 e. The van der Waals surface area contributed by atoms with Gasteiger partial charge in [-0.25, -0.2) is 0 Å². The third-order valence-corrected chi connectivity index (χ3v) is 5.95. The van der Waals surface area contributed by atoms with Gasteiger partial charge in [-0.05, 0) is 54.7 Å². The van der Waals surface area contributed by atoms with Crippen LogP contribution in [0.25, 0.3) is 0 Å². The minimum absolute atomic E-state index is 0.0329. The molecule has 186 valence electrons. The molecule has 2 aromatic rings. The Morgan fingerprint density at radius 1 is 0.853 bits per heavy atom. The maximum absolute atomic E-state index is 12.7. The third kappa shape index (κ3) is 7.23. The fourth-order valence-electron chi connectivity index (χ4n) is 3.88. The summed E-state index contributed by atoms with van der Waals surface area (Å²) in [7, 11) is 0. The van der Waals surface area contributed by atoms with Crippen LogP contribution in [0.1, 0.15) is 30.4 Å². The van der Waals surface area contributed by atoms with Crippen LogP contribution in [0.2, 0.25) is 0 Å². The Bertz CT molecular complexity index is 898. The fourth-order valence-corrected chi connectivity index (χ4v) is 3.88. The first-order valence-corrected chi connectivity index (χ1v) is 11.3. The number of aryl methyl sites for hydroxylation is 2. The van der Waals surface area contributed by atoms with Crippen LogP contribution < -0.4 is 0 Å². The number of benzene rings is 2. The van der Waals surface area contributed by atoms with Crippen LogP contribution in [0.4, 0.5) is 0 Å². The highest BCUT2D eigenvalue weighted by Crippen LogP contribution is 2.25. The van der Waals surface area contributed by atoms with Gasteiger partial charge in [-0.1, -0.05) is 24.3 Å². The summed E-state index contributed by atoms with van der Waals surface area (Å²) in [6, 6.07) is 13.2. The predicted molar refractivity (Wildman–Crippen MR) is 121 cm³/mol.